The maximum atomic E-state index is 6.17. The van der Waals surface area contributed by atoms with Crippen molar-refractivity contribution in [2.45, 2.75) is 19.0 Å². The summed E-state index contributed by atoms with van der Waals surface area (Å²) in [6.07, 6.45) is 5.96. The van der Waals surface area contributed by atoms with Crippen LogP contribution in [0.4, 0.5) is 0 Å². The molecule has 0 unspecified atom stereocenters. The van der Waals surface area contributed by atoms with Gasteiger partial charge in [0, 0.05) is 6.61 Å². The van der Waals surface area contributed by atoms with Crippen LogP contribution in [-0.4, -0.2) is 14.9 Å². The van der Waals surface area contributed by atoms with E-state index in [9.17, 15) is 0 Å². The maximum Gasteiger partial charge on any atom is 0.231 e. The fourth-order valence-corrected chi connectivity index (χ4v) is 5.84. The largest absolute Gasteiger partial charge is 0.412 e. The Labute approximate surface area is 125 Å². The highest BCUT2D eigenvalue weighted by molar-refractivity contribution is 9.11. The Balaban J connectivity index is 3.13. The predicted octanol–water partition coefficient (Wildman–Crippen LogP) is 4.61. The van der Waals surface area contributed by atoms with Crippen LogP contribution in [0.2, 0.25) is 12.1 Å². The molecule has 0 N–H and O–H groups in total. The molecule has 1 nitrogen and oxygen atoms in total. The summed E-state index contributed by atoms with van der Waals surface area (Å²) < 4.78 is 6.17. The number of hydrogen-bond donors (Lipinski definition) is 0. The van der Waals surface area contributed by atoms with Crippen LogP contribution in [-0.2, 0) is 4.43 Å². The average Bonchev–Trinajstić information content (AvgIpc) is 2.41. The molecule has 3 heteroatoms. The van der Waals surface area contributed by atoms with Gasteiger partial charge in [-0.15, -0.1) is 13.2 Å². The lowest BCUT2D eigenvalue weighted by atomic mass is 10.2. The molecule has 0 atom stereocenters. The third-order valence-electron chi connectivity index (χ3n) is 3.06. The molecule has 0 saturated heterocycles. The second kappa shape index (κ2) is 8.30. The highest BCUT2D eigenvalue weighted by Gasteiger charge is 2.34. The van der Waals surface area contributed by atoms with Crippen LogP contribution in [0.1, 0.15) is 12.5 Å². The first-order valence-electron chi connectivity index (χ1n) is 6.45. The van der Waals surface area contributed by atoms with E-state index in [1.165, 1.54) is 10.8 Å². The Bertz CT molecular complexity index is 427. The summed E-state index contributed by atoms with van der Waals surface area (Å²) in [5.41, 5.74) is 1.18. The minimum Gasteiger partial charge on any atom is -0.412 e. The van der Waals surface area contributed by atoms with E-state index in [2.05, 4.69) is 60.3 Å². The van der Waals surface area contributed by atoms with Crippen LogP contribution in [0.3, 0.4) is 0 Å². The van der Waals surface area contributed by atoms with Gasteiger partial charge in [-0.1, -0.05) is 52.3 Å². The molecule has 0 saturated carbocycles. The summed E-state index contributed by atoms with van der Waals surface area (Å²) in [5, 5.41) is 1.31. The fraction of sp³-hybridized carbons (Fsp3) is 0.250. The van der Waals surface area contributed by atoms with Gasteiger partial charge in [-0.05, 0) is 40.8 Å². The smallest absolute Gasteiger partial charge is 0.231 e. The standard InChI is InChI=1S/C16H21BrOSi/c1-4-13-19(14-5-2,18-6-3)16-9-7-15(8-10-16)11-12-17/h4-5,7-12H,1-2,6,13-14H2,3H3/b12-11+. The molecule has 0 aliphatic heterocycles. The van der Waals surface area contributed by atoms with Crippen LogP contribution in [0.5, 0.6) is 0 Å². The van der Waals surface area contributed by atoms with E-state index in [-0.39, 0.29) is 0 Å². The van der Waals surface area contributed by atoms with Crippen molar-refractivity contribution in [3.63, 3.8) is 0 Å². The molecule has 0 fully saturated rings. The summed E-state index contributed by atoms with van der Waals surface area (Å²) in [7, 11) is -1.99. The van der Waals surface area contributed by atoms with Gasteiger partial charge in [0.1, 0.15) is 0 Å². The SMILES string of the molecule is C=CC[Si](CC=C)(OCC)c1ccc(/C=C/Br)cc1. The molecule has 1 aromatic carbocycles. The first-order chi connectivity index (χ1) is 9.22. The van der Waals surface area contributed by atoms with Gasteiger partial charge >= 0.3 is 0 Å². The molecule has 0 aliphatic carbocycles. The fourth-order valence-electron chi connectivity index (χ4n) is 2.23. The molecule has 0 aromatic heterocycles. The van der Waals surface area contributed by atoms with Crippen molar-refractivity contribution in [2.75, 3.05) is 6.61 Å². The molecule has 19 heavy (non-hydrogen) atoms. The molecule has 0 amide bonds. The summed E-state index contributed by atoms with van der Waals surface area (Å²) >= 11 is 3.30. The van der Waals surface area contributed by atoms with Crippen LogP contribution in [0.25, 0.3) is 6.08 Å². The number of benzene rings is 1. The summed E-state index contributed by atoms with van der Waals surface area (Å²) in [5.74, 6) is 0. The molecule has 0 aliphatic rings. The zero-order valence-corrected chi connectivity index (χ0v) is 14.0. The van der Waals surface area contributed by atoms with Gasteiger partial charge in [0.15, 0.2) is 0 Å². The number of rotatable bonds is 8. The molecule has 0 radical (unpaired) electrons. The van der Waals surface area contributed by atoms with Crippen LogP contribution in [0, 0.1) is 0 Å². The van der Waals surface area contributed by atoms with Gasteiger partial charge in [0.2, 0.25) is 8.32 Å². The molecule has 1 aromatic rings. The van der Waals surface area contributed by atoms with Crippen LogP contribution in [0.15, 0.2) is 54.6 Å². The van der Waals surface area contributed by atoms with E-state index in [1.54, 1.807) is 0 Å². The van der Waals surface area contributed by atoms with Crippen molar-refractivity contribution >= 4 is 35.5 Å². The second-order valence-electron chi connectivity index (χ2n) is 4.33. The summed E-state index contributed by atoms with van der Waals surface area (Å²) in [6.45, 7) is 10.6. The van der Waals surface area contributed by atoms with Crippen LogP contribution >= 0.6 is 15.9 Å². The van der Waals surface area contributed by atoms with Gasteiger partial charge < -0.3 is 4.43 Å². The monoisotopic (exact) mass is 336 g/mol. The Kier molecular flexibility index (Phi) is 7.06. The van der Waals surface area contributed by atoms with Crippen LogP contribution < -0.4 is 5.19 Å². The van der Waals surface area contributed by atoms with Crippen molar-refractivity contribution in [1.82, 2.24) is 0 Å². The third kappa shape index (κ3) is 4.30. The van der Waals surface area contributed by atoms with Crippen molar-refractivity contribution < 1.29 is 4.43 Å². The minimum absolute atomic E-state index is 0.733. The maximum absolute atomic E-state index is 6.17. The lowest BCUT2D eigenvalue weighted by molar-refractivity contribution is 0.333. The molecular formula is C16H21BrOSi. The Morgan fingerprint density at radius 1 is 1.16 bits per heavy atom. The van der Waals surface area contributed by atoms with E-state index >= 15 is 0 Å². The van der Waals surface area contributed by atoms with Gasteiger partial charge in [-0.3, -0.25) is 0 Å². The van der Waals surface area contributed by atoms with E-state index < -0.39 is 8.32 Å². The first kappa shape index (κ1) is 16.2. The van der Waals surface area contributed by atoms with E-state index in [1.807, 2.05) is 23.2 Å². The van der Waals surface area contributed by atoms with E-state index in [0.717, 1.165) is 18.7 Å². The van der Waals surface area contributed by atoms with Crippen molar-refractivity contribution in [1.29, 1.82) is 0 Å². The van der Waals surface area contributed by atoms with E-state index in [4.69, 9.17) is 4.43 Å². The van der Waals surface area contributed by atoms with Crippen molar-refractivity contribution in [3.05, 3.63) is 60.1 Å². The summed E-state index contributed by atoms with van der Waals surface area (Å²) in [6, 6.07) is 10.4. The average molecular weight is 337 g/mol. The lowest BCUT2D eigenvalue weighted by Gasteiger charge is -2.29. The van der Waals surface area contributed by atoms with Gasteiger partial charge in [0.05, 0.1) is 0 Å². The summed E-state index contributed by atoms with van der Waals surface area (Å²) in [4.78, 5) is 1.86. The zero-order chi connectivity index (χ0) is 14.1. The highest BCUT2D eigenvalue weighted by atomic mass is 79.9. The third-order valence-corrected chi connectivity index (χ3v) is 7.45. The molecule has 102 valence electrons. The van der Waals surface area contributed by atoms with Crippen molar-refractivity contribution in [3.8, 4) is 0 Å². The molecular weight excluding hydrogens is 316 g/mol. The van der Waals surface area contributed by atoms with Gasteiger partial charge in [0.25, 0.3) is 0 Å². The second-order valence-corrected chi connectivity index (χ2v) is 8.53. The molecule has 0 bridgehead atoms. The van der Waals surface area contributed by atoms with Crippen molar-refractivity contribution in [2.24, 2.45) is 0 Å². The van der Waals surface area contributed by atoms with Gasteiger partial charge in [-0.25, -0.2) is 0 Å². The molecule has 1 rings (SSSR count). The minimum atomic E-state index is -1.99. The Morgan fingerprint density at radius 3 is 2.16 bits per heavy atom. The highest BCUT2D eigenvalue weighted by Crippen LogP contribution is 2.19. The molecule has 0 spiro atoms. The normalized spacial score (nSPS) is 11.7. The van der Waals surface area contributed by atoms with E-state index in [0.29, 0.717) is 0 Å². The Morgan fingerprint density at radius 2 is 1.74 bits per heavy atom. The first-order valence-corrected chi connectivity index (χ1v) is 9.69. The number of allylic oxidation sites excluding steroid dienone is 2. The Hall–Kier alpha value is -0.903. The topological polar surface area (TPSA) is 9.23 Å². The predicted molar refractivity (Wildman–Crippen MR) is 91.4 cm³/mol. The van der Waals surface area contributed by atoms with Gasteiger partial charge in [-0.2, -0.15) is 0 Å². The quantitative estimate of drug-likeness (QED) is 0.497. The lowest BCUT2D eigenvalue weighted by Crippen LogP contribution is -2.50. The molecule has 0 heterocycles. The zero-order valence-electron chi connectivity index (χ0n) is 11.4. The number of halogens is 1. The number of hydrogen-bond acceptors (Lipinski definition) is 1.